The summed E-state index contributed by atoms with van der Waals surface area (Å²) < 4.78 is 5.68. The van der Waals surface area contributed by atoms with E-state index in [1.165, 1.54) is 4.88 Å². The molecule has 4 rings (SSSR count). The van der Waals surface area contributed by atoms with Crippen molar-refractivity contribution in [2.24, 2.45) is 16.6 Å². The summed E-state index contributed by atoms with van der Waals surface area (Å²) in [4.78, 5) is 22.8. The minimum Gasteiger partial charge on any atom is -0.369 e. The van der Waals surface area contributed by atoms with E-state index in [0.29, 0.717) is 11.4 Å². The van der Waals surface area contributed by atoms with Gasteiger partial charge in [-0.2, -0.15) is 0 Å². The molecule has 2 aromatic heterocycles. The van der Waals surface area contributed by atoms with Crippen LogP contribution in [0.25, 0.3) is 15.3 Å². The van der Waals surface area contributed by atoms with Crippen molar-refractivity contribution >= 4 is 28.6 Å². The predicted molar refractivity (Wildman–Crippen MR) is 113 cm³/mol. The molecule has 1 aromatic carbocycles. The topological polar surface area (TPSA) is 85.8 Å². The Morgan fingerprint density at radius 2 is 1.93 bits per heavy atom. The molecular formula is C22H20N4O2S. The van der Waals surface area contributed by atoms with Crippen molar-refractivity contribution in [3.8, 4) is 10.4 Å². The molecular weight excluding hydrogens is 384 g/mol. The van der Waals surface area contributed by atoms with Crippen LogP contribution in [0.15, 0.2) is 33.8 Å². The van der Waals surface area contributed by atoms with E-state index in [1.807, 2.05) is 19.1 Å². The Morgan fingerprint density at radius 3 is 2.55 bits per heavy atom. The van der Waals surface area contributed by atoms with Crippen LogP contribution in [0.1, 0.15) is 46.0 Å². The highest BCUT2D eigenvalue weighted by Crippen LogP contribution is 2.47. The van der Waals surface area contributed by atoms with E-state index in [9.17, 15) is 4.79 Å². The number of hydrogen-bond acceptors (Lipinski definition) is 5. The summed E-state index contributed by atoms with van der Waals surface area (Å²) in [5.41, 5.74) is 11.7. The molecule has 1 amide bonds. The van der Waals surface area contributed by atoms with Gasteiger partial charge in [-0.15, -0.1) is 11.3 Å². The number of nitrogens with zero attached hydrogens (tertiary/aromatic N) is 3. The lowest BCUT2D eigenvalue weighted by Crippen LogP contribution is -2.26. The molecule has 0 unspecified atom stereocenters. The fourth-order valence-electron chi connectivity index (χ4n) is 3.62. The number of amides is 1. The number of aliphatic imine (C=N–C) groups is 1. The first-order valence-corrected chi connectivity index (χ1v) is 10.1. The Hall–Kier alpha value is -3.24. The van der Waals surface area contributed by atoms with E-state index in [4.69, 9.17) is 21.8 Å². The summed E-state index contributed by atoms with van der Waals surface area (Å²) >= 11 is 1.67. The second-order valence-corrected chi connectivity index (χ2v) is 8.49. The molecule has 0 aliphatic carbocycles. The number of hydrogen-bond donors (Lipinski definition) is 1. The predicted octanol–water partition coefficient (Wildman–Crippen LogP) is 4.89. The van der Waals surface area contributed by atoms with Gasteiger partial charge in [-0.25, -0.2) is 4.85 Å². The van der Waals surface area contributed by atoms with Crippen molar-refractivity contribution in [2.45, 2.75) is 33.7 Å². The summed E-state index contributed by atoms with van der Waals surface area (Å²) in [6, 6.07) is 6.78. The quantitative estimate of drug-likeness (QED) is 0.631. The highest BCUT2D eigenvalue weighted by Gasteiger charge is 2.37. The van der Waals surface area contributed by atoms with E-state index in [-0.39, 0.29) is 0 Å². The van der Waals surface area contributed by atoms with Crippen LogP contribution >= 0.6 is 11.3 Å². The number of aryl methyl sites for hydroxylation is 2. The third kappa shape index (κ3) is 2.97. The van der Waals surface area contributed by atoms with Crippen LogP contribution in [-0.2, 0) is 4.79 Å². The van der Waals surface area contributed by atoms with Gasteiger partial charge in [0.05, 0.1) is 29.5 Å². The standard InChI is InChI=1S/C22H20N4O2S/c1-10-13(4)29-21-16(10)19(14-6-8-15(24-5)9-7-14)25-18(11(2)22(23)27)20-17(21)12(3)26-28-20/h6-9,11,18H,1-4H3,(H2,23,27)/t11-,18+/m1/s1. The van der Waals surface area contributed by atoms with Crippen LogP contribution in [0.2, 0.25) is 0 Å². The average Bonchev–Trinajstić information content (AvgIpc) is 3.17. The fraction of sp³-hybridized carbons (Fsp3) is 0.273. The summed E-state index contributed by atoms with van der Waals surface area (Å²) in [6.07, 6.45) is 0. The highest BCUT2D eigenvalue weighted by molar-refractivity contribution is 7.16. The Labute approximate surface area is 172 Å². The molecule has 1 aliphatic rings. The molecule has 0 fully saturated rings. The first kappa shape index (κ1) is 19.1. The van der Waals surface area contributed by atoms with Gasteiger partial charge in [0.2, 0.25) is 5.91 Å². The number of thiophene rings is 1. The molecule has 7 heteroatoms. The van der Waals surface area contributed by atoms with Crippen LogP contribution in [0.5, 0.6) is 0 Å². The molecule has 146 valence electrons. The number of benzene rings is 1. The zero-order valence-corrected chi connectivity index (χ0v) is 17.4. The largest absolute Gasteiger partial charge is 0.369 e. The van der Waals surface area contributed by atoms with Gasteiger partial charge in [-0.05, 0) is 31.9 Å². The van der Waals surface area contributed by atoms with Crippen LogP contribution in [0.3, 0.4) is 0 Å². The Kier molecular flexibility index (Phi) is 4.59. The average molecular weight is 404 g/mol. The summed E-state index contributed by atoms with van der Waals surface area (Å²) in [6.45, 7) is 15.0. The Bertz CT molecular complexity index is 1190. The maximum atomic E-state index is 12.0. The molecule has 0 bridgehead atoms. The molecule has 0 radical (unpaired) electrons. The second kappa shape index (κ2) is 6.98. The van der Waals surface area contributed by atoms with Crippen LogP contribution < -0.4 is 5.73 Å². The maximum Gasteiger partial charge on any atom is 0.222 e. The molecule has 3 heterocycles. The Balaban J connectivity index is 2.05. The lowest BCUT2D eigenvalue weighted by molar-refractivity contribution is -0.122. The Morgan fingerprint density at radius 1 is 1.24 bits per heavy atom. The van der Waals surface area contributed by atoms with Crippen molar-refractivity contribution in [1.29, 1.82) is 0 Å². The molecule has 2 atom stereocenters. The highest BCUT2D eigenvalue weighted by atomic mass is 32.1. The number of aromatic nitrogens is 1. The van der Waals surface area contributed by atoms with E-state index >= 15 is 0 Å². The first-order valence-electron chi connectivity index (χ1n) is 9.25. The molecule has 1 aliphatic heterocycles. The van der Waals surface area contributed by atoms with Crippen LogP contribution in [-0.4, -0.2) is 16.8 Å². The second-order valence-electron chi connectivity index (χ2n) is 7.27. The number of fused-ring (bicyclic) bond motifs is 3. The monoisotopic (exact) mass is 404 g/mol. The van der Waals surface area contributed by atoms with E-state index in [1.54, 1.807) is 30.4 Å². The normalized spacial score (nSPS) is 16.2. The molecule has 29 heavy (non-hydrogen) atoms. The third-order valence-corrected chi connectivity index (χ3v) is 6.69. The number of nitrogens with two attached hydrogens (primary N) is 1. The van der Waals surface area contributed by atoms with E-state index in [2.05, 4.69) is 23.8 Å². The van der Waals surface area contributed by atoms with Gasteiger partial charge in [0, 0.05) is 15.3 Å². The zero-order valence-electron chi connectivity index (χ0n) is 16.6. The van der Waals surface area contributed by atoms with E-state index < -0.39 is 17.9 Å². The van der Waals surface area contributed by atoms with Gasteiger partial charge in [0.25, 0.3) is 0 Å². The van der Waals surface area contributed by atoms with Gasteiger partial charge in [0.1, 0.15) is 6.04 Å². The van der Waals surface area contributed by atoms with E-state index in [0.717, 1.165) is 38.5 Å². The number of carbonyl (C=O) groups is 1. The van der Waals surface area contributed by atoms with Gasteiger partial charge in [-0.1, -0.05) is 36.3 Å². The SMILES string of the molecule is [C-]#[N+]c1ccc(C2=N[C@@H]([C@@H](C)C(N)=O)c3onc(C)c3-c3sc(C)c(C)c32)cc1. The summed E-state index contributed by atoms with van der Waals surface area (Å²) in [5, 5.41) is 4.17. The molecule has 6 nitrogen and oxygen atoms in total. The van der Waals surface area contributed by atoms with Crippen LogP contribution in [0, 0.1) is 33.3 Å². The smallest absolute Gasteiger partial charge is 0.222 e. The minimum atomic E-state index is -0.571. The first-order chi connectivity index (χ1) is 13.8. The molecule has 0 saturated carbocycles. The lowest BCUT2D eigenvalue weighted by atomic mass is 9.95. The fourth-order valence-corrected chi connectivity index (χ4v) is 4.89. The van der Waals surface area contributed by atoms with Gasteiger partial charge in [-0.3, -0.25) is 9.79 Å². The summed E-state index contributed by atoms with van der Waals surface area (Å²) in [5.74, 6) is -0.433. The third-order valence-electron chi connectivity index (χ3n) is 5.47. The lowest BCUT2D eigenvalue weighted by Gasteiger charge is -2.16. The van der Waals surface area contributed by atoms with Crippen molar-refractivity contribution in [3.05, 3.63) is 68.7 Å². The summed E-state index contributed by atoms with van der Waals surface area (Å²) in [7, 11) is 0. The molecule has 0 saturated heterocycles. The van der Waals surface area contributed by atoms with Gasteiger partial charge >= 0.3 is 0 Å². The number of carbonyl (C=O) groups excluding carboxylic acids is 1. The maximum absolute atomic E-state index is 12.0. The molecule has 2 N–H and O–H groups in total. The minimum absolute atomic E-state index is 0.445. The number of rotatable bonds is 3. The molecule has 3 aromatic rings. The molecule has 0 spiro atoms. The van der Waals surface area contributed by atoms with Gasteiger partial charge < -0.3 is 10.3 Å². The number of primary amides is 1. The van der Waals surface area contributed by atoms with Gasteiger partial charge in [0.15, 0.2) is 11.4 Å². The van der Waals surface area contributed by atoms with Crippen LogP contribution in [0.4, 0.5) is 5.69 Å². The van der Waals surface area contributed by atoms with Crippen molar-refractivity contribution in [2.75, 3.05) is 0 Å². The van der Waals surface area contributed by atoms with Crippen molar-refractivity contribution in [3.63, 3.8) is 0 Å². The van der Waals surface area contributed by atoms with Crippen molar-refractivity contribution < 1.29 is 9.32 Å². The van der Waals surface area contributed by atoms with Crippen molar-refractivity contribution in [1.82, 2.24) is 5.16 Å². The zero-order chi connectivity index (χ0) is 20.9.